The van der Waals surface area contributed by atoms with Crippen LogP contribution in [0.15, 0.2) is 53.4 Å². The molecule has 102 valence electrons. The third-order valence-electron chi connectivity index (χ3n) is 2.63. The van der Waals surface area contributed by atoms with Crippen molar-refractivity contribution in [2.24, 2.45) is 0 Å². The molecule has 0 heterocycles. The highest BCUT2D eigenvalue weighted by Crippen LogP contribution is 2.18. The van der Waals surface area contributed by atoms with Crippen LogP contribution < -0.4 is 4.72 Å². The van der Waals surface area contributed by atoms with Gasteiger partial charge in [0.25, 0.3) is 10.0 Å². The first-order valence-corrected chi connectivity index (χ1v) is 8.33. The lowest BCUT2D eigenvalue weighted by Gasteiger charge is -2.09. The molecule has 20 heavy (non-hydrogen) atoms. The number of halogens is 1. The highest BCUT2D eigenvalue weighted by molar-refractivity contribution is 9.08. The van der Waals surface area contributed by atoms with E-state index >= 15 is 0 Å². The standard InChI is InChI=1S/C14H11BrN2O2S/c15-9-12-2-1-3-14(8-12)20(18,19)17-13-6-4-11(10-16)5-7-13/h1-8,17H,9H2. The molecule has 2 rings (SSSR count). The zero-order valence-corrected chi connectivity index (χ0v) is 12.8. The van der Waals surface area contributed by atoms with Gasteiger partial charge < -0.3 is 0 Å². The van der Waals surface area contributed by atoms with E-state index in [1.165, 1.54) is 6.07 Å². The van der Waals surface area contributed by atoms with Gasteiger partial charge in [-0.2, -0.15) is 5.26 Å². The number of anilines is 1. The smallest absolute Gasteiger partial charge is 0.261 e. The normalized spacial score (nSPS) is 10.8. The van der Waals surface area contributed by atoms with Crippen LogP contribution >= 0.6 is 15.9 Å². The number of nitriles is 1. The van der Waals surface area contributed by atoms with Gasteiger partial charge in [-0.1, -0.05) is 28.1 Å². The summed E-state index contributed by atoms with van der Waals surface area (Å²) in [6.45, 7) is 0. The molecule has 0 spiro atoms. The summed E-state index contributed by atoms with van der Waals surface area (Å²) in [5.74, 6) is 0. The van der Waals surface area contributed by atoms with Crippen molar-refractivity contribution in [3.05, 3.63) is 59.7 Å². The minimum absolute atomic E-state index is 0.207. The zero-order valence-electron chi connectivity index (χ0n) is 10.4. The third kappa shape index (κ3) is 3.38. The van der Waals surface area contributed by atoms with E-state index in [4.69, 9.17) is 5.26 Å². The predicted molar refractivity (Wildman–Crippen MR) is 81.0 cm³/mol. The molecule has 0 amide bonds. The molecule has 0 atom stereocenters. The molecule has 0 aliphatic heterocycles. The van der Waals surface area contributed by atoms with E-state index in [2.05, 4.69) is 20.7 Å². The van der Waals surface area contributed by atoms with Gasteiger partial charge in [0.15, 0.2) is 0 Å². The predicted octanol–water partition coefficient (Wildman–Crippen LogP) is 3.25. The van der Waals surface area contributed by atoms with Gasteiger partial charge in [0.05, 0.1) is 16.5 Å². The zero-order chi connectivity index (χ0) is 14.6. The Morgan fingerprint density at radius 3 is 2.45 bits per heavy atom. The van der Waals surface area contributed by atoms with Crippen molar-refractivity contribution in [1.29, 1.82) is 5.26 Å². The molecule has 6 heteroatoms. The van der Waals surface area contributed by atoms with E-state index in [9.17, 15) is 8.42 Å². The Balaban J connectivity index is 2.28. The van der Waals surface area contributed by atoms with Crippen LogP contribution in [-0.4, -0.2) is 8.42 Å². The lowest BCUT2D eigenvalue weighted by molar-refractivity contribution is 0.601. The summed E-state index contributed by atoms with van der Waals surface area (Å²) in [5.41, 5.74) is 1.79. The van der Waals surface area contributed by atoms with E-state index < -0.39 is 10.0 Å². The first-order valence-electron chi connectivity index (χ1n) is 5.73. The van der Waals surface area contributed by atoms with Crippen molar-refractivity contribution >= 4 is 31.6 Å². The Morgan fingerprint density at radius 1 is 1.15 bits per heavy atom. The maximum atomic E-state index is 12.2. The van der Waals surface area contributed by atoms with Gasteiger partial charge >= 0.3 is 0 Å². The summed E-state index contributed by atoms with van der Waals surface area (Å²) in [4.78, 5) is 0.207. The van der Waals surface area contributed by atoms with Crippen LogP contribution in [0.5, 0.6) is 0 Å². The minimum Gasteiger partial charge on any atom is -0.280 e. The first-order chi connectivity index (χ1) is 9.55. The summed E-state index contributed by atoms with van der Waals surface area (Å²) in [7, 11) is -3.62. The van der Waals surface area contributed by atoms with Gasteiger partial charge in [0.1, 0.15) is 0 Å². The summed E-state index contributed by atoms with van der Waals surface area (Å²) in [6.07, 6.45) is 0. The maximum Gasteiger partial charge on any atom is 0.261 e. The number of rotatable bonds is 4. The topological polar surface area (TPSA) is 70.0 Å². The van der Waals surface area contributed by atoms with Gasteiger partial charge in [-0.25, -0.2) is 8.42 Å². The van der Waals surface area contributed by atoms with Crippen molar-refractivity contribution in [3.63, 3.8) is 0 Å². The Kier molecular flexibility index (Phi) is 4.42. The number of hydrogen-bond donors (Lipinski definition) is 1. The van der Waals surface area contributed by atoms with Crippen molar-refractivity contribution in [3.8, 4) is 6.07 Å². The summed E-state index contributed by atoms with van der Waals surface area (Å²) in [6, 6.07) is 14.9. The lowest BCUT2D eigenvalue weighted by Crippen LogP contribution is -2.13. The number of sulfonamides is 1. The molecule has 1 N–H and O–H groups in total. The van der Waals surface area contributed by atoms with Crippen molar-refractivity contribution in [1.82, 2.24) is 0 Å². The average molecular weight is 351 g/mol. The largest absolute Gasteiger partial charge is 0.280 e. The molecular formula is C14H11BrN2O2S. The molecular weight excluding hydrogens is 340 g/mol. The minimum atomic E-state index is -3.62. The molecule has 0 bridgehead atoms. The monoisotopic (exact) mass is 350 g/mol. The van der Waals surface area contributed by atoms with E-state index in [0.29, 0.717) is 16.6 Å². The van der Waals surface area contributed by atoms with Gasteiger partial charge in [-0.15, -0.1) is 0 Å². The molecule has 0 unspecified atom stereocenters. The second-order valence-corrected chi connectivity index (χ2v) is 6.32. The number of benzene rings is 2. The van der Waals surface area contributed by atoms with Crippen molar-refractivity contribution in [2.75, 3.05) is 4.72 Å². The molecule has 0 aliphatic carbocycles. The van der Waals surface area contributed by atoms with Crippen LogP contribution in [-0.2, 0) is 15.4 Å². The Hall–Kier alpha value is -1.84. The molecule has 0 radical (unpaired) electrons. The van der Waals surface area contributed by atoms with Crippen LogP contribution in [0.1, 0.15) is 11.1 Å². The molecule has 4 nitrogen and oxygen atoms in total. The van der Waals surface area contributed by atoms with E-state index in [-0.39, 0.29) is 4.90 Å². The number of alkyl halides is 1. The van der Waals surface area contributed by atoms with Crippen LogP contribution in [0.25, 0.3) is 0 Å². The average Bonchev–Trinajstić information content (AvgIpc) is 2.48. The lowest BCUT2D eigenvalue weighted by atomic mass is 10.2. The van der Waals surface area contributed by atoms with Gasteiger partial charge in [0, 0.05) is 11.0 Å². The van der Waals surface area contributed by atoms with Crippen molar-refractivity contribution < 1.29 is 8.42 Å². The van der Waals surface area contributed by atoms with Gasteiger partial charge in [-0.3, -0.25) is 4.72 Å². The van der Waals surface area contributed by atoms with E-state index in [1.54, 1.807) is 36.4 Å². The second kappa shape index (κ2) is 6.07. The fraction of sp³-hybridized carbons (Fsp3) is 0.0714. The van der Waals surface area contributed by atoms with Crippen molar-refractivity contribution in [2.45, 2.75) is 10.2 Å². The molecule has 0 aliphatic rings. The summed E-state index contributed by atoms with van der Waals surface area (Å²) in [5, 5.41) is 9.29. The maximum absolute atomic E-state index is 12.2. The van der Waals surface area contributed by atoms with Gasteiger partial charge in [-0.05, 0) is 42.0 Å². The third-order valence-corrected chi connectivity index (χ3v) is 4.66. The van der Waals surface area contributed by atoms with E-state index in [0.717, 1.165) is 5.56 Å². The Morgan fingerprint density at radius 2 is 1.85 bits per heavy atom. The number of nitrogens with zero attached hydrogens (tertiary/aromatic N) is 1. The van der Waals surface area contributed by atoms with E-state index in [1.807, 2.05) is 12.1 Å². The summed E-state index contributed by atoms with van der Waals surface area (Å²) >= 11 is 3.30. The number of nitrogens with one attached hydrogen (secondary N) is 1. The molecule has 0 aromatic heterocycles. The summed E-state index contributed by atoms with van der Waals surface area (Å²) < 4.78 is 27.0. The van der Waals surface area contributed by atoms with Crippen LogP contribution in [0.4, 0.5) is 5.69 Å². The highest BCUT2D eigenvalue weighted by Gasteiger charge is 2.14. The Bertz CT molecular complexity index is 749. The van der Waals surface area contributed by atoms with Gasteiger partial charge in [0.2, 0.25) is 0 Å². The number of hydrogen-bond acceptors (Lipinski definition) is 3. The van der Waals surface area contributed by atoms with Crippen LogP contribution in [0.2, 0.25) is 0 Å². The molecule has 0 saturated carbocycles. The van der Waals surface area contributed by atoms with Crippen LogP contribution in [0.3, 0.4) is 0 Å². The quantitative estimate of drug-likeness (QED) is 0.860. The van der Waals surface area contributed by atoms with Crippen LogP contribution in [0, 0.1) is 11.3 Å². The Labute approximate surface area is 126 Å². The second-order valence-electron chi connectivity index (χ2n) is 4.08. The molecule has 0 saturated heterocycles. The molecule has 2 aromatic rings. The fourth-order valence-corrected chi connectivity index (χ4v) is 3.10. The SMILES string of the molecule is N#Cc1ccc(NS(=O)(=O)c2cccc(CBr)c2)cc1. The first kappa shape index (κ1) is 14.6. The fourth-order valence-electron chi connectivity index (χ4n) is 1.62. The molecule has 0 fully saturated rings. The highest BCUT2D eigenvalue weighted by atomic mass is 79.9. The molecule has 2 aromatic carbocycles.